The van der Waals surface area contributed by atoms with Crippen LogP contribution in [0.5, 0.6) is 5.75 Å². The van der Waals surface area contributed by atoms with Crippen molar-refractivity contribution in [2.75, 3.05) is 19.5 Å². The van der Waals surface area contributed by atoms with Crippen LogP contribution in [0.25, 0.3) is 0 Å². The minimum absolute atomic E-state index is 0.0486. The number of hydrogen-bond donors (Lipinski definition) is 0. The zero-order valence-corrected chi connectivity index (χ0v) is 10.3. The Morgan fingerprint density at radius 3 is 2.94 bits per heavy atom. The highest BCUT2D eigenvalue weighted by Gasteiger charge is 2.24. The van der Waals surface area contributed by atoms with Crippen LogP contribution in [-0.2, 0) is 17.8 Å². The lowest BCUT2D eigenvalue weighted by molar-refractivity contribution is -0.129. The van der Waals surface area contributed by atoms with E-state index in [9.17, 15) is 9.18 Å². The summed E-state index contributed by atoms with van der Waals surface area (Å²) in [6.45, 7) is 0.866. The van der Waals surface area contributed by atoms with E-state index < -0.39 is 0 Å². The van der Waals surface area contributed by atoms with Crippen LogP contribution in [0, 0.1) is 5.82 Å². The van der Waals surface area contributed by atoms with E-state index in [2.05, 4.69) is 0 Å². The van der Waals surface area contributed by atoms with E-state index in [0.717, 1.165) is 5.56 Å². The first-order valence-electron chi connectivity index (χ1n) is 5.35. The molecule has 1 amide bonds. The smallest absolute Gasteiger partial charge is 0.237 e. The second kappa shape index (κ2) is 4.92. The Morgan fingerprint density at radius 2 is 2.29 bits per heavy atom. The number of amides is 1. The SMILES string of the molecule is COc1ccc(F)c2c1CN(C(=O)CCl)CC2. The summed E-state index contributed by atoms with van der Waals surface area (Å²) >= 11 is 5.52. The fourth-order valence-electron chi connectivity index (χ4n) is 2.09. The van der Waals surface area contributed by atoms with Gasteiger partial charge in [-0.25, -0.2) is 4.39 Å². The molecule has 0 N–H and O–H groups in total. The van der Waals surface area contributed by atoms with Crippen LogP contribution in [0.2, 0.25) is 0 Å². The molecule has 0 saturated heterocycles. The molecule has 1 aliphatic rings. The van der Waals surface area contributed by atoms with Gasteiger partial charge >= 0.3 is 0 Å². The van der Waals surface area contributed by atoms with Crippen molar-refractivity contribution in [3.8, 4) is 5.75 Å². The van der Waals surface area contributed by atoms with Crippen LogP contribution in [0.15, 0.2) is 12.1 Å². The second-order valence-electron chi connectivity index (χ2n) is 3.91. The van der Waals surface area contributed by atoms with E-state index in [1.165, 1.54) is 13.2 Å². The third-order valence-corrected chi connectivity index (χ3v) is 3.23. The third-order valence-electron chi connectivity index (χ3n) is 3.00. The summed E-state index contributed by atoms with van der Waals surface area (Å²) in [5.74, 6) is 0.198. The Kier molecular flexibility index (Phi) is 3.52. The highest BCUT2D eigenvalue weighted by Crippen LogP contribution is 2.30. The number of methoxy groups -OCH3 is 1. The summed E-state index contributed by atoms with van der Waals surface area (Å²) in [4.78, 5) is 13.1. The van der Waals surface area contributed by atoms with Gasteiger partial charge in [0.2, 0.25) is 5.91 Å². The van der Waals surface area contributed by atoms with Crippen molar-refractivity contribution in [2.24, 2.45) is 0 Å². The monoisotopic (exact) mass is 257 g/mol. The number of benzene rings is 1. The molecule has 0 spiro atoms. The van der Waals surface area contributed by atoms with Crippen LogP contribution in [-0.4, -0.2) is 30.3 Å². The second-order valence-corrected chi connectivity index (χ2v) is 4.17. The van der Waals surface area contributed by atoms with E-state index in [1.54, 1.807) is 11.0 Å². The van der Waals surface area contributed by atoms with Crippen molar-refractivity contribution in [1.82, 2.24) is 4.90 Å². The van der Waals surface area contributed by atoms with Gasteiger partial charge in [-0.1, -0.05) is 0 Å². The number of ether oxygens (including phenoxy) is 1. The molecule has 0 saturated carbocycles. The highest BCUT2D eigenvalue weighted by molar-refractivity contribution is 6.27. The van der Waals surface area contributed by atoms with Gasteiger partial charge in [0, 0.05) is 18.7 Å². The molecule has 0 bridgehead atoms. The summed E-state index contributed by atoms with van der Waals surface area (Å²) in [6, 6.07) is 2.99. The average Bonchev–Trinajstić information content (AvgIpc) is 2.38. The number of rotatable bonds is 2. The first-order chi connectivity index (χ1) is 8.17. The number of nitrogens with zero attached hydrogens (tertiary/aromatic N) is 1. The molecule has 3 nitrogen and oxygen atoms in total. The number of fused-ring (bicyclic) bond motifs is 1. The molecule has 2 rings (SSSR count). The molecule has 0 atom stereocenters. The zero-order valence-electron chi connectivity index (χ0n) is 9.50. The van der Waals surface area contributed by atoms with E-state index >= 15 is 0 Å². The lowest BCUT2D eigenvalue weighted by Crippen LogP contribution is -2.37. The van der Waals surface area contributed by atoms with Gasteiger partial charge in [0.25, 0.3) is 0 Å². The van der Waals surface area contributed by atoms with Crippen LogP contribution in [0.3, 0.4) is 0 Å². The van der Waals surface area contributed by atoms with Gasteiger partial charge in [0.1, 0.15) is 17.4 Å². The van der Waals surface area contributed by atoms with Crippen LogP contribution in [0.4, 0.5) is 4.39 Å². The maximum absolute atomic E-state index is 13.6. The summed E-state index contributed by atoms with van der Waals surface area (Å²) in [5.41, 5.74) is 1.39. The van der Waals surface area contributed by atoms with Crippen LogP contribution >= 0.6 is 11.6 Å². The predicted molar refractivity (Wildman–Crippen MR) is 62.8 cm³/mol. The Bertz CT molecular complexity index is 450. The van der Waals surface area contributed by atoms with Crippen molar-refractivity contribution in [1.29, 1.82) is 0 Å². The molecule has 1 heterocycles. The van der Waals surface area contributed by atoms with Crippen molar-refractivity contribution < 1.29 is 13.9 Å². The summed E-state index contributed by atoms with van der Waals surface area (Å²) < 4.78 is 18.8. The van der Waals surface area contributed by atoms with Crippen LogP contribution < -0.4 is 4.74 Å². The first kappa shape index (κ1) is 12.2. The van der Waals surface area contributed by atoms with Gasteiger partial charge < -0.3 is 9.64 Å². The van der Waals surface area contributed by atoms with E-state index in [4.69, 9.17) is 16.3 Å². The Balaban J connectivity index is 2.35. The molecular weight excluding hydrogens is 245 g/mol. The normalized spacial score (nSPS) is 14.4. The summed E-state index contributed by atoms with van der Waals surface area (Å²) in [7, 11) is 1.54. The van der Waals surface area contributed by atoms with Gasteiger partial charge in [-0.2, -0.15) is 0 Å². The number of hydrogen-bond acceptors (Lipinski definition) is 2. The van der Waals surface area contributed by atoms with Gasteiger partial charge in [-0.05, 0) is 24.1 Å². The number of carbonyl (C=O) groups excluding carboxylic acids is 1. The van der Waals surface area contributed by atoms with E-state index in [0.29, 0.717) is 30.8 Å². The number of carbonyl (C=O) groups is 1. The molecule has 17 heavy (non-hydrogen) atoms. The predicted octanol–water partition coefficient (Wildman–Crippen LogP) is 1.96. The quantitative estimate of drug-likeness (QED) is 0.758. The summed E-state index contributed by atoms with van der Waals surface area (Å²) in [5, 5.41) is 0. The first-order valence-corrected chi connectivity index (χ1v) is 5.88. The van der Waals surface area contributed by atoms with E-state index in [1.807, 2.05) is 0 Å². The van der Waals surface area contributed by atoms with Gasteiger partial charge in [-0.3, -0.25) is 4.79 Å². The minimum Gasteiger partial charge on any atom is -0.496 e. The third kappa shape index (κ3) is 2.22. The molecule has 1 aromatic carbocycles. The fourth-order valence-corrected chi connectivity index (χ4v) is 2.26. The Labute approximate surface area is 104 Å². The largest absolute Gasteiger partial charge is 0.496 e. The van der Waals surface area contributed by atoms with Crippen molar-refractivity contribution in [3.63, 3.8) is 0 Å². The van der Waals surface area contributed by atoms with Crippen LogP contribution in [0.1, 0.15) is 11.1 Å². The standard InChI is InChI=1S/C12H13ClFNO2/c1-17-11-3-2-10(14)8-4-5-15(7-9(8)11)12(16)6-13/h2-3H,4-7H2,1H3. The molecule has 92 valence electrons. The maximum Gasteiger partial charge on any atom is 0.237 e. The average molecular weight is 258 g/mol. The fraction of sp³-hybridized carbons (Fsp3) is 0.417. The highest BCUT2D eigenvalue weighted by atomic mass is 35.5. The molecule has 1 aromatic rings. The molecule has 0 fully saturated rings. The molecule has 0 radical (unpaired) electrons. The zero-order chi connectivity index (χ0) is 12.4. The number of halogens is 2. The molecule has 0 unspecified atom stereocenters. The van der Waals surface area contributed by atoms with Crippen molar-refractivity contribution >= 4 is 17.5 Å². The molecule has 1 aliphatic heterocycles. The lowest BCUT2D eigenvalue weighted by Gasteiger charge is -2.29. The van der Waals surface area contributed by atoms with Gasteiger partial charge in [-0.15, -0.1) is 11.6 Å². The van der Waals surface area contributed by atoms with Crippen molar-refractivity contribution in [3.05, 3.63) is 29.1 Å². The topological polar surface area (TPSA) is 29.5 Å². The van der Waals surface area contributed by atoms with Gasteiger partial charge in [0.15, 0.2) is 0 Å². The van der Waals surface area contributed by atoms with Crippen molar-refractivity contribution in [2.45, 2.75) is 13.0 Å². The maximum atomic E-state index is 13.6. The van der Waals surface area contributed by atoms with Gasteiger partial charge in [0.05, 0.1) is 7.11 Å². The Hall–Kier alpha value is -1.29. The molecule has 5 heteroatoms. The molecule has 0 aliphatic carbocycles. The van der Waals surface area contributed by atoms with E-state index in [-0.39, 0.29) is 17.6 Å². The minimum atomic E-state index is -0.237. The number of alkyl halides is 1. The molecule has 0 aromatic heterocycles. The molecular formula is C12H13ClFNO2. The summed E-state index contributed by atoms with van der Waals surface area (Å²) in [6.07, 6.45) is 0.501. The lowest BCUT2D eigenvalue weighted by atomic mass is 9.98. The Morgan fingerprint density at radius 1 is 1.53 bits per heavy atom.